The fourth-order valence-electron chi connectivity index (χ4n) is 5.62. The average Bonchev–Trinajstić information content (AvgIpc) is 2.93. The highest BCUT2D eigenvalue weighted by Gasteiger charge is 2.67. The fraction of sp³-hybridized carbons (Fsp3) is 0.550. The second kappa shape index (κ2) is 5.64. The van der Waals surface area contributed by atoms with Crippen LogP contribution in [0.1, 0.15) is 30.4 Å². The van der Waals surface area contributed by atoms with Gasteiger partial charge in [0.05, 0.1) is 26.9 Å². The van der Waals surface area contributed by atoms with Gasteiger partial charge in [-0.1, -0.05) is 0 Å². The van der Waals surface area contributed by atoms with E-state index in [9.17, 15) is 9.90 Å². The number of aromatic hydroxyl groups is 1. The summed E-state index contributed by atoms with van der Waals surface area (Å²) in [6, 6.07) is 3.70. The molecule has 2 atom stereocenters. The summed E-state index contributed by atoms with van der Waals surface area (Å²) >= 11 is 0. The topological polar surface area (TPSA) is 68.2 Å². The molecule has 0 spiro atoms. The summed E-state index contributed by atoms with van der Waals surface area (Å²) < 4.78 is 16.6. The Morgan fingerprint density at radius 3 is 2.54 bits per heavy atom. The lowest BCUT2D eigenvalue weighted by molar-refractivity contribution is -0.124. The maximum absolute atomic E-state index is 13.0. The van der Waals surface area contributed by atoms with Crippen LogP contribution in [-0.4, -0.2) is 56.3 Å². The van der Waals surface area contributed by atoms with Gasteiger partial charge in [-0.3, -0.25) is 9.69 Å². The predicted octanol–water partition coefficient (Wildman–Crippen LogP) is 2.14. The van der Waals surface area contributed by atoms with Gasteiger partial charge in [0.2, 0.25) is 11.5 Å². The van der Waals surface area contributed by atoms with Crippen LogP contribution in [-0.2, 0) is 26.1 Å². The minimum Gasteiger partial charge on any atom is -0.504 e. The van der Waals surface area contributed by atoms with Gasteiger partial charge in [-0.05, 0) is 56.1 Å². The van der Waals surface area contributed by atoms with Crippen molar-refractivity contribution in [3.8, 4) is 11.5 Å². The van der Waals surface area contributed by atoms with E-state index in [0.29, 0.717) is 23.7 Å². The van der Waals surface area contributed by atoms with Crippen molar-refractivity contribution in [3.63, 3.8) is 0 Å². The summed E-state index contributed by atoms with van der Waals surface area (Å²) in [7, 11) is 6.78. The van der Waals surface area contributed by atoms with E-state index in [-0.39, 0.29) is 11.5 Å². The number of phenols is 1. The second-order valence-corrected chi connectivity index (χ2v) is 7.46. The first-order valence-corrected chi connectivity index (χ1v) is 8.92. The first-order valence-electron chi connectivity index (χ1n) is 8.92. The molecule has 0 saturated carbocycles. The van der Waals surface area contributed by atoms with Gasteiger partial charge in [-0.2, -0.15) is 0 Å². The van der Waals surface area contributed by atoms with E-state index in [0.717, 1.165) is 36.9 Å². The van der Waals surface area contributed by atoms with Gasteiger partial charge in [0.15, 0.2) is 17.3 Å². The average molecular weight is 359 g/mol. The number of fused-ring (bicyclic) bond motifs is 1. The number of hydrogen-bond donors (Lipinski definition) is 1. The highest BCUT2D eigenvalue weighted by molar-refractivity contribution is 5.97. The van der Waals surface area contributed by atoms with Crippen LogP contribution in [0.3, 0.4) is 0 Å². The Hall–Kier alpha value is -2.21. The molecule has 1 fully saturated rings. The smallest absolute Gasteiger partial charge is 0.201 e. The second-order valence-electron chi connectivity index (χ2n) is 7.46. The highest BCUT2D eigenvalue weighted by Crippen LogP contribution is 2.62. The third-order valence-electron chi connectivity index (χ3n) is 6.70. The van der Waals surface area contributed by atoms with E-state index in [1.807, 2.05) is 6.07 Å². The number of ketones is 1. The number of carbonyl (C=O) groups is 1. The largest absolute Gasteiger partial charge is 0.504 e. The van der Waals surface area contributed by atoms with Crippen molar-refractivity contribution in [3.05, 3.63) is 34.8 Å². The number of ether oxygens (including phenoxy) is 3. The Labute approximate surface area is 153 Å². The lowest BCUT2D eigenvalue weighted by atomic mass is 9.54. The molecule has 1 N–H and O–H groups in total. The minimum atomic E-state index is -0.421. The molecule has 2 aliphatic carbocycles. The molecule has 0 aromatic heterocycles. The number of likely N-dealkylation sites (tertiary alicyclic amines) is 1. The van der Waals surface area contributed by atoms with Crippen LogP contribution < -0.4 is 4.74 Å². The number of nitrogens with zero attached hydrogens (tertiary/aromatic N) is 1. The Morgan fingerprint density at radius 2 is 1.88 bits per heavy atom. The molecule has 1 aliphatic heterocycles. The quantitative estimate of drug-likeness (QED) is 0.892. The number of aryl methyl sites for hydroxylation is 1. The normalized spacial score (nSPS) is 30.5. The molecule has 0 amide bonds. The first-order chi connectivity index (χ1) is 12.4. The highest BCUT2D eigenvalue weighted by atomic mass is 16.5. The van der Waals surface area contributed by atoms with Gasteiger partial charge in [-0.15, -0.1) is 0 Å². The van der Waals surface area contributed by atoms with E-state index in [2.05, 4.69) is 11.9 Å². The number of phenolic OH excluding ortho intramolecular Hbond substituents is 1. The maximum atomic E-state index is 13.0. The first kappa shape index (κ1) is 17.2. The third-order valence-corrected chi connectivity index (χ3v) is 6.70. The van der Waals surface area contributed by atoms with Crippen molar-refractivity contribution in [2.24, 2.45) is 0 Å². The standard InChI is InChI=1S/C20H25NO5/c1-21-8-7-19-11-15(23)17(25-3)18(26-4)20(19,21)6-5-12-9-14(22)16(24-2)10-13(12)19/h9-10,22H,5-8,11H2,1-4H3. The molecule has 2 unspecified atom stereocenters. The van der Waals surface area contributed by atoms with Crippen LogP contribution in [0.4, 0.5) is 0 Å². The van der Waals surface area contributed by atoms with Crippen molar-refractivity contribution in [1.82, 2.24) is 4.90 Å². The SMILES string of the molecule is COC1=C(OC)C23CCc4cc(O)c(OC)cc4C2(CCN3C)CC1=O. The zero-order valence-electron chi connectivity index (χ0n) is 15.7. The van der Waals surface area contributed by atoms with Gasteiger partial charge < -0.3 is 19.3 Å². The summed E-state index contributed by atoms with van der Waals surface area (Å²) in [6.45, 7) is 0.861. The van der Waals surface area contributed by atoms with Crippen LogP contribution in [0, 0.1) is 0 Å². The zero-order valence-corrected chi connectivity index (χ0v) is 15.7. The molecule has 6 nitrogen and oxygen atoms in total. The van der Waals surface area contributed by atoms with Crippen LogP contribution >= 0.6 is 0 Å². The fourth-order valence-corrected chi connectivity index (χ4v) is 5.62. The Bertz CT molecular complexity index is 817. The van der Waals surface area contributed by atoms with Crippen molar-refractivity contribution < 1.29 is 24.1 Å². The molecule has 0 radical (unpaired) electrons. The van der Waals surface area contributed by atoms with E-state index in [4.69, 9.17) is 14.2 Å². The Morgan fingerprint density at radius 1 is 1.12 bits per heavy atom. The van der Waals surface area contributed by atoms with Gasteiger partial charge in [-0.25, -0.2) is 0 Å². The van der Waals surface area contributed by atoms with E-state index in [1.165, 1.54) is 7.11 Å². The van der Waals surface area contributed by atoms with Crippen molar-refractivity contribution in [2.75, 3.05) is 34.9 Å². The van der Waals surface area contributed by atoms with Gasteiger partial charge >= 0.3 is 0 Å². The molecule has 3 aliphatic rings. The van der Waals surface area contributed by atoms with E-state index < -0.39 is 11.0 Å². The molecule has 140 valence electrons. The number of carbonyl (C=O) groups excluding carboxylic acids is 1. The number of allylic oxidation sites excluding steroid dienone is 1. The molecule has 6 heteroatoms. The number of benzene rings is 1. The molecule has 1 saturated heterocycles. The molecule has 1 aromatic rings. The van der Waals surface area contributed by atoms with E-state index >= 15 is 0 Å². The van der Waals surface area contributed by atoms with Crippen LogP contribution in [0.25, 0.3) is 0 Å². The number of rotatable bonds is 3. The lowest BCUT2D eigenvalue weighted by Gasteiger charge is -2.55. The monoisotopic (exact) mass is 359 g/mol. The summed E-state index contributed by atoms with van der Waals surface area (Å²) in [6.07, 6.45) is 2.82. The summed E-state index contributed by atoms with van der Waals surface area (Å²) in [5.41, 5.74) is 1.34. The predicted molar refractivity (Wildman–Crippen MR) is 95.3 cm³/mol. The molecule has 4 rings (SSSR count). The molecule has 0 bridgehead atoms. The van der Waals surface area contributed by atoms with Crippen molar-refractivity contribution >= 4 is 5.78 Å². The molecule has 1 aromatic carbocycles. The molecule has 26 heavy (non-hydrogen) atoms. The molecular weight excluding hydrogens is 334 g/mol. The molecule has 1 heterocycles. The van der Waals surface area contributed by atoms with Gasteiger partial charge in [0.1, 0.15) is 0 Å². The summed E-state index contributed by atoms with van der Waals surface area (Å²) in [4.78, 5) is 15.3. The van der Waals surface area contributed by atoms with Crippen LogP contribution in [0.15, 0.2) is 23.7 Å². The van der Waals surface area contributed by atoms with Crippen molar-refractivity contribution in [1.29, 1.82) is 0 Å². The Kier molecular flexibility index (Phi) is 3.74. The molecular formula is C20H25NO5. The summed E-state index contributed by atoms with van der Waals surface area (Å²) in [5, 5.41) is 10.2. The number of hydrogen-bond acceptors (Lipinski definition) is 6. The zero-order chi connectivity index (χ0) is 18.7. The van der Waals surface area contributed by atoms with Gasteiger partial charge in [0.25, 0.3) is 0 Å². The summed E-state index contributed by atoms with van der Waals surface area (Å²) in [5.74, 6) is 1.52. The van der Waals surface area contributed by atoms with E-state index in [1.54, 1.807) is 20.3 Å². The minimum absolute atomic E-state index is 0.0323. The van der Waals surface area contributed by atoms with Crippen LogP contribution in [0.2, 0.25) is 0 Å². The number of methoxy groups -OCH3 is 3. The third kappa shape index (κ3) is 1.83. The van der Waals surface area contributed by atoms with Gasteiger partial charge in [0, 0.05) is 11.8 Å². The lowest BCUT2D eigenvalue weighted by Crippen LogP contribution is -2.62. The van der Waals surface area contributed by atoms with Crippen molar-refractivity contribution in [2.45, 2.75) is 36.6 Å². The number of likely N-dealkylation sites (N-methyl/N-ethyl adjacent to an activating group) is 1. The number of Topliss-reactive ketones (excluding diaryl/α,β-unsaturated/α-hetero) is 1. The Balaban J connectivity index is 2.04. The van der Waals surface area contributed by atoms with Crippen LogP contribution in [0.5, 0.6) is 11.5 Å². The maximum Gasteiger partial charge on any atom is 0.201 e.